The predicted molar refractivity (Wildman–Crippen MR) is 96.3 cm³/mol. The molecule has 1 atom stereocenters. The van der Waals surface area contributed by atoms with Crippen LogP contribution in [-0.2, 0) is 15.4 Å². The highest BCUT2D eigenvalue weighted by atomic mass is 32.2. The first kappa shape index (κ1) is 17.3. The van der Waals surface area contributed by atoms with Crippen LogP contribution >= 0.6 is 0 Å². The van der Waals surface area contributed by atoms with Crippen molar-refractivity contribution in [2.24, 2.45) is 22.9 Å². The molecule has 4 aliphatic carbocycles. The van der Waals surface area contributed by atoms with Gasteiger partial charge in [0, 0.05) is 0 Å². The molecule has 146 valence electrons. The second-order valence-electron chi connectivity index (χ2n) is 8.80. The van der Waals surface area contributed by atoms with E-state index in [4.69, 9.17) is 14.6 Å². The Morgan fingerprint density at radius 3 is 2.22 bits per heavy atom. The van der Waals surface area contributed by atoms with E-state index >= 15 is 0 Å². The lowest BCUT2D eigenvalue weighted by atomic mass is 9.48. The maximum Gasteiger partial charge on any atom is 0.339 e. The van der Waals surface area contributed by atoms with Crippen LogP contribution in [-0.4, -0.2) is 31.5 Å². The SMILES string of the molecule is NS(=O)(=O)C1COc2c(cc(C34CC5CC(CC(C5)C3)C4)cc2C(=O)O)O1. The van der Waals surface area contributed by atoms with Crippen molar-refractivity contribution in [1.82, 2.24) is 0 Å². The molecule has 7 nitrogen and oxygen atoms in total. The molecular formula is C19H23NO6S. The first-order chi connectivity index (χ1) is 12.7. The third kappa shape index (κ3) is 2.72. The van der Waals surface area contributed by atoms with Crippen molar-refractivity contribution in [1.29, 1.82) is 0 Å². The first-order valence-electron chi connectivity index (χ1n) is 9.46. The zero-order valence-corrected chi connectivity index (χ0v) is 15.7. The number of fused-ring (bicyclic) bond motifs is 1. The number of rotatable bonds is 3. The zero-order chi connectivity index (χ0) is 19.0. The second-order valence-corrected chi connectivity index (χ2v) is 10.5. The largest absolute Gasteiger partial charge is 0.484 e. The molecule has 4 bridgehead atoms. The fraction of sp³-hybridized carbons (Fsp3) is 0.632. The molecule has 6 rings (SSSR count). The van der Waals surface area contributed by atoms with Crippen LogP contribution in [0.4, 0.5) is 0 Å². The van der Waals surface area contributed by atoms with Gasteiger partial charge >= 0.3 is 5.97 Å². The average molecular weight is 393 g/mol. The number of carboxylic acids is 1. The Hall–Kier alpha value is -1.80. The second kappa shape index (κ2) is 5.61. The van der Waals surface area contributed by atoms with E-state index in [2.05, 4.69) is 0 Å². The normalized spacial score (nSPS) is 36.6. The minimum absolute atomic E-state index is 0.0334. The molecular weight excluding hydrogens is 370 g/mol. The van der Waals surface area contributed by atoms with Gasteiger partial charge in [0.25, 0.3) is 10.0 Å². The Labute approximate surface area is 157 Å². The van der Waals surface area contributed by atoms with Crippen LogP contribution in [0.1, 0.15) is 54.4 Å². The minimum Gasteiger partial charge on any atom is -0.484 e. The van der Waals surface area contributed by atoms with E-state index in [1.54, 1.807) is 12.1 Å². The quantitative estimate of drug-likeness (QED) is 0.814. The predicted octanol–water partition coefficient (Wildman–Crippen LogP) is 2.24. The molecule has 1 aromatic rings. The van der Waals surface area contributed by atoms with E-state index in [1.807, 2.05) is 0 Å². The Morgan fingerprint density at radius 1 is 1.11 bits per heavy atom. The number of hydrogen-bond acceptors (Lipinski definition) is 5. The number of carbonyl (C=O) groups is 1. The van der Waals surface area contributed by atoms with Gasteiger partial charge in [0.2, 0.25) is 5.44 Å². The summed E-state index contributed by atoms with van der Waals surface area (Å²) in [6, 6.07) is 3.52. The number of benzene rings is 1. The number of ether oxygens (including phenoxy) is 2. The van der Waals surface area contributed by atoms with E-state index in [9.17, 15) is 18.3 Å². The molecule has 4 fully saturated rings. The lowest BCUT2D eigenvalue weighted by Crippen LogP contribution is -2.48. The highest BCUT2D eigenvalue weighted by molar-refractivity contribution is 7.89. The van der Waals surface area contributed by atoms with Crippen LogP contribution in [0.2, 0.25) is 0 Å². The molecule has 0 spiro atoms. The van der Waals surface area contributed by atoms with E-state index < -0.39 is 21.4 Å². The zero-order valence-electron chi connectivity index (χ0n) is 14.9. The molecule has 1 unspecified atom stereocenters. The highest BCUT2D eigenvalue weighted by Gasteiger charge is 2.52. The third-order valence-electron chi connectivity index (χ3n) is 6.92. The summed E-state index contributed by atoms with van der Waals surface area (Å²) in [6.07, 6.45) is 7.04. The molecule has 1 aliphatic heterocycles. The summed E-state index contributed by atoms with van der Waals surface area (Å²) in [5, 5.41) is 14.9. The van der Waals surface area contributed by atoms with Crippen LogP contribution in [0.5, 0.6) is 11.5 Å². The van der Waals surface area contributed by atoms with Crippen LogP contribution in [0, 0.1) is 17.8 Å². The maximum atomic E-state index is 11.9. The smallest absolute Gasteiger partial charge is 0.339 e. The van der Waals surface area contributed by atoms with E-state index in [-0.39, 0.29) is 29.1 Å². The Balaban J connectivity index is 1.60. The summed E-state index contributed by atoms with van der Waals surface area (Å²) < 4.78 is 34.4. The van der Waals surface area contributed by atoms with E-state index in [1.165, 1.54) is 19.3 Å². The fourth-order valence-corrected chi connectivity index (χ4v) is 6.75. The van der Waals surface area contributed by atoms with E-state index in [0.29, 0.717) is 17.8 Å². The molecule has 4 saturated carbocycles. The Bertz CT molecular complexity index is 889. The average Bonchev–Trinajstić information content (AvgIpc) is 2.58. The summed E-state index contributed by atoms with van der Waals surface area (Å²) in [6.45, 7) is -0.317. The molecule has 3 N–H and O–H groups in total. The summed E-state index contributed by atoms with van der Waals surface area (Å²) >= 11 is 0. The monoisotopic (exact) mass is 393 g/mol. The standard InChI is InChI=1S/C19H23NO6S/c20-27(23,24)16-9-25-17-14(18(21)22)4-13(5-15(17)26-16)19-6-10-1-11(7-19)3-12(2-10)8-19/h4-5,10-12,16H,1-3,6-9H2,(H,21,22)(H2,20,23,24). The van der Waals surface area contributed by atoms with Crippen LogP contribution in [0.25, 0.3) is 0 Å². The first-order valence-corrected chi connectivity index (χ1v) is 11.1. The molecule has 1 aromatic carbocycles. The van der Waals surface area contributed by atoms with Crippen molar-refractivity contribution in [2.75, 3.05) is 6.61 Å². The maximum absolute atomic E-state index is 11.9. The van der Waals surface area contributed by atoms with Gasteiger partial charge in [-0.3, -0.25) is 0 Å². The summed E-state index contributed by atoms with van der Waals surface area (Å²) in [5.41, 5.74) is -0.382. The third-order valence-corrected chi connectivity index (χ3v) is 7.89. The van der Waals surface area contributed by atoms with Gasteiger partial charge in [-0.05, 0) is 79.4 Å². The van der Waals surface area contributed by atoms with Crippen molar-refractivity contribution in [3.8, 4) is 11.5 Å². The van der Waals surface area contributed by atoms with Crippen LogP contribution < -0.4 is 14.6 Å². The summed E-state index contributed by atoms with van der Waals surface area (Å²) in [4.78, 5) is 11.9. The van der Waals surface area contributed by atoms with Crippen molar-refractivity contribution in [3.63, 3.8) is 0 Å². The fourth-order valence-electron chi connectivity index (χ4n) is 6.26. The van der Waals surface area contributed by atoms with Gasteiger partial charge in [0.15, 0.2) is 11.5 Å². The Morgan fingerprint density at radius 2 is 1.70 bits per heavy atom. The van der Waals surface area contributed by atoms with E-state index in [0.717, 1.165) is 24.8 Å². The van der Waals surface area contributed by atoms with Crippen molar-refractivity contribution >= 4 is 16.0 Å². The molecule has 1 heterocycles. The molecule has 0 amide bonds. The van der Waals surface area contributed by atoms with Gasteiger partial charge in [-0.1, -0.05) is 0 Å². The van der Waals surface area contributed by atoms with Gasteiger partial charge in [-0.2, -0.15) is 0 Å². The highest BCUT2D eigenvalue weighted by Crippen LogP contribution is 2.61. The molecule has 0 aromatic heterocycles. The van der Waals surface area contributed by atoms with Gasteiger partial charge < -0.3 is 14.6 Å². The molecule has 27 heavy (non-hydrogen) atoms. The van der Waals surface area contributed by atoms with Gasteiger partial charge in [-0.25, -0.2) is 18.4 Å². The molecule has 0 radical (unpaired) electrons. The Kier molecular flexibility index (Phi) is 3.59. The minimum atomic E-state index is -3.95. The van der Waals surface area contributed by atoms with Crippen LogP contribution in [0.3, 0.4) is 0 Å². The number of primary sulfonamides is 1. The van der Waals surface area contributed by atoms with Gasteiger partial charge in [0.05, 0.1) is 0 Å². The summed E-state index contributed by atoms with van der Waals surface area (Å²) in [7, 11) is -3.95. The number of nitrogens with two attached hydrogens (primary N) is 1. The topological polar surface area (TPSA) is 116 Å². The lowest BCUT2D eigenvalue weighted by Gasteiger charge is -2.57. The van der Waals surface area contributed by atoms with Gasteiger partial charge in [0.1, 0.15) is 12.2 Å². The van der Waals surface area contributed by atoms with Gasteiger partial charge in [-0.15, -0.1) is 0 Å². The molecule has 0 saturated heterocycles. The number of hydrogen-bond donors (Lipinski definition) is 2. The summed E-state index contributed by atoms with van der Waals surface area (Å²) in [5.74, 6) is 1.27. The molecule has 8 heteroatoms. The number of carboxylic acid groups (broad SMARTS) is 1. The number of sulfonamides is 1. The molecule has 5 aliphatic rings. The van der Waals surface area contributed by atoms with Crippen molar-refractivity contribution in [2.45, 2.75) is 49.4 Å². The van der Waals surface area contributed by atoms with Crippen LogP contribution in [0.15, 0.2) is 12.1 Å². The van der Waals surface area contributed by atoms with Crippen molar-refractivity contribution in [3.05, 3.63) is 23.3 Å². The van der Waals surface area contributed by atoms with Crippen molar-refractivity contribution < 1.29 is 27.8 Å². The number of aromatic carboxylic acids is 1. The lowest BCUT2D eigenvalue weighted by molar-refractivity contribution is -0.00546.